The van der Waals surface area contributed by atoms with Gasteiger partial charge in [-0.25, -0.2) is 0 Å². The molecule has 2 aromatic rings. The highest BCUT2D eigenvalue weighted by molar-refractivity contribution is 6.73. The van der Waals surface area contributed by atoms with E-state index in [-0.39, 0.29) is 17.2 Å². The minimum atomic E-state index is -5.09. The highest BCUT2D eigenvalue weighted by Gasteiger charge is 2.25. The maximum absolute atomic E-state index is 12.6. The van der Waals surface area contributed by atoms with Gasteiger partial charge >= 0.3 is 17.6 Å². The van der Waals surface area contributed by atoms with Crippen LogP contribution in [0.2, 0.25) is 0 Å². The third kappa shape index (κ3) is 3.28. The van der Waals surface area contributed by atoms with Crippen molar-refractivity contribution in [1.29, 1.82) is 0 Å². The normalized spacial score (nSPS) is 11.2. The summed E-state index contributed by atoms with van der Waals surface area (Å²) in [5.74, 6) is 0.248. The molecule has 2 aromatic carbocycles. The van der Waals surface area contributed by atoms with Crippen molar-refractivity contribution in [3.8, 4) is 11.5 Å². The number of halogens is 3. The molecule has 0 heterocycles. The van der Waals surface area contributed by atoms with E-state index in [0.717, 1.165) is 12.1 Å². The van der Waals surface area contributed by atoms with E-state index >= 15 is 0 Å². The van der Waals surface area contributed by atoms with Crippen molar-refractivity contribution in [2.75, 3.05) is 0 Å². The Hall–Kier alpha value is -2.51. The quantitative estimate of drug-likeness (QED) is 0.638. The van der Waals surface area contributed by atoms with Gasteiger partial charge in [-0.3, -0.25) is 0 Å². The SMILES string of the molecule is [O][N+](=O)c1ccc(Oc2cccc([B-](F)(F)F)c2)cc1. The lowest BCUT2D eigenvalue weighted by Gasteiger charge is -2.15. The van der Waals surface area contributed by atoms with Crippen LogP contribution in [-0.2, 0) is 5.21 Å². The van der Waals surface area contributed by atoms with Crippen LogP contribution in [0.4, 0.5) is 18.6 Å². The van der Waals surface area contributed by atoms with Crippen LogP contribution in [0.1, 0.15) is 0 Å². The second-order valence-electron chi connectivity index (χ2n) is 4.00. The summed E-state index contributed by atoms with van der Waals surface area (Å²) in [6, 6.07) is 9.55. The van der Waals surface area contributed by atoms with Crippen LogP contribution in [0.3, 0.4) is 0 Å². The fraction of sp³-hybridized carbons (Fsp3) is 0. The van der Waals surface area contributed by atoms with E-state index in [9.17, 15) is 23.1 Å². The number of nitrogens with zero attached hydrogens (tertiary/aromatic N) is 1. The number of hydrogen-bond acceptors (Lipinski definition) is 2. The lowest BCUT2D eigenvalue weighted by Crippen LogP contribution is -2.33. The van der Waals surface area contributed by atoms with Crippen LogP contribution in [0.5, 0.6) is 11.5 Å². The number of hydrogen-bond donors (Lipinski definition) is 0. The van der Waals surface area contributed by atoms with Crippen molar-refractivity contribution in [3.05, 3.63) is 53.4 Å². The van der Waals surface area contributed by atoms with E-state index in [1.807, 2.05) is 0 Å². The van der Waals surface area contributed by atoms with Gasteiger partial charge in [-0.15, -0.1) is 5.46 Å². The van der Waals surface area contributed by atoms with Crippen molar-refractivity contribution >= 4 is 18.1 Å². The standard InChI is InChI=1S/C12H8BF3NO3/c14-13(15,16)9-2-1-3-12(8-9)20-11-6-4-10(5-7-11)17(18)19/h1-8H. The summed E-state index contributed by atoms with van der Waals surface area (Å²) in [5.41, 5.74) is -0.880. The minimum absolute atomic E-state index is 0.0237. The summed E-state index contributed by atoms with van der Waals surface area (Å²) in [6.07, 6.45) is 0. The Morgan fingerprint density at radius 2 is 1.60 bits per heavy atom. The van der Waals surface area contributed by atoms with Gasteiger partial charge in [0.2, 0.25) is 0 Å². The summed E-state index contributed by atoms with van der Waals surface area (Å²) in [5, 5.41) is 10.5. The molecule has 103 valence electrons. The molecule has 0 N–H and O–H groups in total. The summed E-state index contributed by atoms with van der Waals surface area (Å²) < 4.78 is 43.0. The van der Waals surface area contributed by atoms with Gasteiger partial charge in [-0.2, -0.15) is 0 Å². The summed E-state index contributed by atoms with van der Waals surface area (Å²) in [4.78, 5) is 9.89. The molecule has 20 heavy (non-hydrogen) atoms. The maximum atomic E-state index is 12.6. The average Bonchev–Trinajstić information content (AvgIpc) is 2.38. The van der Waals surface area contributed by atoms with Crippen molar-refractivity contribution in [3.63, 3.8) is 0 Å². The molecule has 0 spiro atoms. The Balaban J connectivity index is 2.20. The van der Waals surface area contributed by atoms with E-state index < -0.39 is 17.4 Å². The highest BCUT2D eigenvalue weighted by Crippen LogP contribution is 2.24. The molecule has 0 amide bonds. The summed E-state index contributed by atoms with van der Waals surface area (Å²) in [6.45, 7) is -5.09. The van der Waals surface area contributed by atoms with Crippen LogP contribution in [0, 0.1) is 4.91 Å². The van der Waals surface area contributed by atoms with Gasteiger partial charge in [0, 0.05) is 12.1 Å². The van der Waals surface area contributed by atoms with Gasteiger partial charge in [-0.1, -0.05) is 12.1 Å². The minimum Gasteiger partial charge on any atom is -0.457 e. The Labute approximate surface area is 112 Å². The maximum Gasteiger partial charge on any atom is 0.509 e. The molecule has 0 unspecified atom stereocenters. The van der Waals surface area contributed by atoms with E-state index in [2.05, 4.69) is 0 Å². The molecule has 0 aromatic heterocycles. The van der Waals surface area contributed by atoms with Crippen molar-refractivity contribution in [2.45, 2.75) is 0 Å². The van der Waals surface area contributed by atoms with E-state index in [4.69, 9.17) is 4.74 Å². The molecule has 0 aliphatic rings. The van der Waals surface area contributed by atoms with E-state index in [1.54, 1.807) is 0 Å². The molecular weight excluding hydrogens is 274 g/mol. The third-order valence-corrected chi connectivity index (χ3v) is 2.52. The largest absolute Gasteiger partial charge is 0.509 e. The van der Waals surface area contributed by atoms with Gasteiger partial charge in [-0.05, 0) is 24.3 Å². The first-order chi connectivity index (χ1) is 9.36. The average molecular weight is 282 g/mol. The van der Waals surface area contributed by atoms with Gasteiger partial charge in [0.15, 0.2) is 0 Å². The summed E-state index contributed by atoms with van der Waals surface area (Å²) in [7, 11) is 0. The highest BCUT2D eigenvalue weighted by atomic mass is 19.4. The van der Waals surface area contributed by atoms with Gasteiger partial charge in [0.1, 0.15) is 11.5 Å². The molecule has 1 radical (unpaired) electrons. The molecule has 0 aliphatic heterocycles. The van der Waals surface area contributed by atoms with Crippen LogP contribution in [0.25, 0.3) is 0 Å². The molecule has 0 bridgehead atoms. The molecule has 2 rings (SSSR count). The fourth-order valence-corrected chi connectivity index (χ4v) is 1.55. The van der Waals surface area contributed by atoms with Gasteiger partial charge in [0.25, 0.3) is 0 Å². The lowest BCUT2D eigenvalue weighted by molar-refractivity contribution is -0.769. The van der Waals surface area contributed by atoms with Crippen molar-refractivity contribution in [2.24, 2.45) is 0 Å². The Bertz CT molecular complexity index is 629. The second kappa shape index (κ2) is 5.24. The fourth-order valence-electron chi connectivity index (χ4n) is 1.55. The first-order valence-electron chi connectivity index (χ1n) is 5.58. The predicted molar refractivity (Wildman–Crippen MR) is 65.6 cm³/mol. The Morgan fingerprint density at radius 1 is 0.950 bits per heavy atom. The molecule has 0 aliphatic carbocycles. The lowest BCUT2D eigenvalue weighted by atomic mass is 9.80. The molecular formula is C12H8BF3NO3. The third-order valence-electron chi connectivity index (χ3n) is 2.52. The zero-order chi connectivity index (χ0) is 14.8. The zero-order valence-electron chi connectivity index (χ0n) is 10.0. The Morgan fingerprint density at radius 3 is 2.15 bits per heavy atom. The topological polar surface area (TPSA) is 49.2 Å². The van der Waals surface area contributed by atoms with Crippen molar-refractivity contribution < 1.29 is 27.8 Å². The smallest absolute Gasteiger partial charge is 0.457 e. The van der Waals surface area contributed by atoms with Crippen LogP contribution >= 0.6 is 0 Å². The monoisotopic (exact) mass is 282 g/mol. The van der Waals surface area contributed by atoms with E-state index in [1.165, 1.54) is 36.4 Å². The molecule has 8 heteroatoms. The predicted octanol–water partition coefficient (Wildman–Crippen LogP) is 3.29. The number of rotatable bonds is 4. The molecule has 0 atom stereocenters. The molecule has 0 saturated carbocycles. The summed E-state index contributed by atoms with van der Waals surface area (Å²) >= 11 is 0. The second-order valence-corrected chi connectivity index (χ2v) is 4.00. The number of ether oxygens (including phenoxy) is 1. The van der Waals surface area contributed by atoms with Crippen LogP contribution in [-0.4, -0.2) is 11.9 Å². The van der Waals surface area contributed by atoms with Gasteiger partial charge < -0.3 is 17.7 Å². The first-order valence-corrected chi connectivity index (χ1v) is 5.58. The van der Waals surface area contributed by atoms with Crippen LogP contribution < -0.4 is 10.2 Å². The zero-order valence-corrected chi connectivity index (χ0v) is 10.0. The van der Waals surface area contributed by atoms with Crippen LogP contribution in [0.15, 0.2) is 48.5 Å². The molecule has 0 saturated heterocycles. The molecule has 0 fully saturated rings. The number of benzene rings is 2. The Kier molecular flexibility index (Phi) is 3.65. The molecule has 4 nitrogen and oxygen atoms in total. The van der Waals surface area contributed by atoms with Crippen molar-refractivity contribution in [1.82, 2.24) is 0 Å². The first kappa shape index (κ1) is 13.9. The van der Waals surface area contributed by atoms with E-state index in [0.29, 0.717) is 0 Å². The van der Waals surface area contributed by atoms with Gasteiger partial charge in [0.05, 0.1) is 10.1 Å².